The summed E-state index contributed by atoms with van der Waals surface area (Å²) in [5.74, 6) is 3.85. The van der Waals surface area contributed by atoms with E-state index in [-0.39, 0.29) is 0 Å². The minimum absolute atomic E-state index is 0.384. The Hall–Kier alpha value is -0.610. The van der Waals surface area contributed by atoms with E-state index in [4.69, 9.17) is 11.0 Å². The highest BCUT2D eigenvalue weighted by Gasteiger charge is 2.35. The van der Waals surface area contributed by atoms with Crippen LogP contribution < -0.4 is 5.90 Å². The van der Waals surface area contributed by atoms with E-state index in [2.05, 4.69) is 4.84 Å². The molecule has 0 saturated heterocycles. The Kier molecular flexibility index (Phi) is 3.32. The first-order valence-electron chi connectivity index (χ1n) is 3.24. The van der Waals surface area contributed by atoms with Crippen LogP contribution in [0, 0.1) is 0 Å². The molecule has 4 heteroatoms. The van der Waals surface area contributed by atoms with Crippen LogP contribution in [0.5, 0.6) is 0 Å². The van der Waals surface area contributed by atoms with Crippen molar-refractivity contribution in [3.05, 3.63) is 0 Å². The predicted octanol–water partition coefficient (Wildman–Crippen LogP) is 0.520. The molecule has 0 aliphatic heterocycles. The van der Waals surface area contributed by atoms with E-state index in [0.29, 0.717) is 12.8 Å². The van der Waals surface area contributed by atoms with E-state index in [1.54, 1.807) is 13.8 Å². The van der Waals surface area contributed by atoms with Gasteiger partial charge in [0, 0.05) is 0 Å². The van der Waals surface area contributed by atoms with Crippen molar-refractivity contribution in [2.45, 2.75) is 32.3 Å². The number of carboxylic acid groups (broad SMARTS) is 1. The number of hydrogen-bond donors (Lipinski definition) is 2. The molecule has 0 aromatic heterocycles. The van der Waals surface area contributed by atoms with Gasteiger partial charge in [0.2, 0.25) is 0 Å². The van der Waals surface area contributed by atoms with Crippen LogP contribution in [0.15, 0.2) is 0 Å². The third-order valence-electron chi connectivity index (χ3n) is 1.76. The summed E-state index contributed by atoms with van der Waals surface area (Å²) < 4.78 is 0. The van der Waals surface area contributed by atoms with Crippen LogP contribution in [0.3, 0.4) is 0 Å². The summed E-state index contributed by atoms with van der Waals surface area (Å²) in [5.41, 5.74) is -1.18. The third kappa shape index (κ3) is 1.46. The van der Waals surface area contributed by atoms with Crippen LogP contribution in [0.2, 0.25) is 0 Å². The Morgan fingerprint density at radius 3 is 2.00 bits per heavy atom. The molecular weight excluding hydrogens is 134 g/mol. The molecular formula is C6H13NO3. The second-order valence-electron chi connectivity index (χ2n) is 2.12. The molecule has 0 bridgehead atoms. The average Bonchev–Trinajstić information content (AvgIpc) is 1.92. The molecule has 0 aromatic carbocycles. The number of nitrogens with two attached hydrogens (primary N) is 1. The molecule has 0 aromatic rings. The minimum Gasteiger partial charge on any atom is -0.479 e. The lowest BCUT2D eigenvalue weighted by atomic mass is 9.98. The summed E-state index contributed by atoms with van der Waals surface area (Å²) in [6.07, 6.45) is 0.769. The highest BCUT2D eigenvalue weighted by Crippen LogP contribution is 2.17. The van der Waals surface area contributed by atoms with Crippen molar-refractivity contribution in [3.63, 3.8) is 0 Å². The summed E-state index contributed by atoms with van der Waals surface area (Å²) in [7, 11) is 0. The van der Waals surface area contributed by atoms with Gasteiger partial charge in [-0.2, -0.15) is 0 Å². The first-order chi connectivity index (χ1) is 4.63. The van der Waals surface area contributed by atoms with Crippen LogP contribution in [0.1, 0.15) is 26.7 Å². The van der Waals surface area contributed by atoms with Crippen LogP contribution >= 0.6 is 0 Å². The quantitative estimate of drug-likeness (QED) is 0.568. The summed E-state index contributed by atoms with van der Waals surface area (Å²) >= 11 is 0. The molecule has 0 heterocycles. The van der Waals surface area contributed by atoms with Gasteiger partial charge in [-0.3, -0.25) is 4.84 Å². The standard InChI is InChI=1S/C6H13NO3/c1-3-6(4-2,10-7)5(8)9/h3-4,7H2,1-2H3,(H,8,9). The molecule has 0 aliphatic rings. The molecule has 0 atom stereocenters. The van der Waals surface area contributed by atoms with Gasteiger partial charge in [-0.05, 0) is 12.8 Å². The fourth-order valence-electron chi connectivity index (χ4n) is 0.770. The molecule has 0 spiro atoms. The Morgan fingerprint density at radius 2 is 2.00 bits per heavy atom. The van der Waals surface area contributed by atoms with E-state index in [1.165, 1.54) is 0 Å². The number of carboxylic acids is 1. The monoisotopic (exact) mass is 147 g/mol. The van der Waals surface area contributed by atoms with Crippen LogP contribution in [0.4, 0.5) is 0 Å². The average molecular weight is 147 g/mol. The first kappa shape index (κ1) is 9.39. The topological polar surface area (TPSA) is 72.5 Å². The van der Waals surface area contributed by atoms with Crippen molar-refractivity contribution in [2.75, 3.05) is 0 Å². The normalized spacial score (nSPS) is 11.5. The van der Waals surface area contributed by atoms with Gasteiger partial charge >= 0.3 is 5.97 Å². The maximum atomic E-state index is 10.5. The van der Waals surface area contributed by atoms with Crippen molar-refractivity contribution in [1.29, 1.82) is 0 Å². The van der Waals surface area contributed by atoms with E-state index in [0.717, 1.165) is 0 Å². The second kappa shape index (κ2) is 3.53. The van der Waals surface area contributed by atoms with Crippen molar-refractivity contribution < 1.29 is 14.7 Å². The smallest absolute Gasteiger partial charge is 0.338 e. The van der Waals surface area contributed by atoms with E-state index in [9.17, 15) is 4.79 Å². The fraction of sp³-hybridized carbons (Fsp3) is 0.833. The SMILES string of the molecule is CCC(CC)(ON)C(=O)O. The summed E-state index contributed by atoms with van der Waals surface area (Å²) in [6.45, 7) is 3.45. The van der Waals surface area contributed by atoms with Crippen LogP contribution in [-0.2, 0) is 9.63 Å². The molecule has 0 saturated carbocycles. The molecule has 0 rings (SSSR count). The largest absolute Gasteiger partial charge is 0.479 e. The molecule has 4 nitrogen and oxygen atoms in total. The predicted molar refractivity (Wildman–Crippen MR) is 36.2 cm³/mol. The summed E-state index contributed by atoms with van der Waals surface area (Å²) in [5, 5.41) is 8.62. The van der Waals surface area contributed by atoms with Crippen molar-refractivity contribution in [3.8, 4) is 0 Å². The van der Waals surface area contributed by atoms with Gasteiger partial charge < -0.3 is 5.11 Å². The number of hydrogen-bond acceptors (Lipinski definition) is 3. The lowest BCUT2D eigenvalue weighted by Crippen LogP contribution is -2.42. The van der Waals surface area contributed by atoms with E-state index >= 15 is 0 Å². The fourth-order valence-corrected chi connectivity index (χ4v) is 0.770. The molecule has 0 unspecified atom stereocenters. The van der Waals surface area contributed by atoms with Crippen molar-refractivity contribution in [1.82, 2.24) is 0 Å². The number of aliphatic carboxylic acids is 1. The Morgan fingerprint density at radius 1 is 1.60 bits per heavy atom. The lowest BCUT2D eigenvalue weighted by molar-refractivity contribution is -0.168. The second-order valence-corrected chi connectivity index (χ2v) is 2.12. The van der Waals surface area contributed by atoms with Gasteiger partial charge in [0.05, 0.1) is 0 Å². The maximum Gasteiger partial charge on any atom is 0.338 e. The van der Waals surface area contributed by atoms with Gasteiger partial charge in [-0.25, -0.2) is 10.7 Å². The van der Waals surface area contributed by atoms with Crippen LogP contribution in [0.25, 0.3) is 0 Å². The lowest BCUT2D eigenvalue weighted by Gasteiger charge is -2.22. The molecule has 0 fully saturated rings. The van der Waals surface area contributed by atoms with Gasteiger partial charge in [0.15, 0.2) is 5.60 Å². The zero-order chi connectivity index (χ0) is 8.20. The van der Waals surface area contributed by atoms with Gasteiger partial charge in [0.1, 0.15) is 0 Å². The van der Waals surface area contributed by atoms with Crippen molar-refractivity contribution in [2.24, 2.45) is 5.90 Å². The Bertz CT molecular complexity index is 112. The minimum atomic E-state index is -1.18. The molecule has 0 amide bonds. The van der Waals surface area contributed by atoms with Gasteiger partial charge in [-0.1, -0.05) is 13.8 Å². The Balaban J connectivity index is 4.31. The summed E-state index contributed by atoms with van der Waals surface area (Å²) in [4.78, 5) is 14.9. The van der Waals surface area contributed by atoms with E-state index < -0.39 is 11.6 Å². The zero-order valence-electron chi connectivity index (χ0n) is 6.26. The maximum absolute atomic E-state index is 10.5. The molecule has 0 aliphatic carbocycles. The van der Waals surface area contributed by atoms with Crippen molar-refractivity contribution >= 4 is 5.97 Å². The molecule has 0 radical (unpaired) electrons. The Labute approximate surface area is 59.9 Å². The highest BCUT2D eigenvalue weighted by atomic mass is 16.6. The third-order valence-corrected chi connectivity index (χ3v) is 1.76. The van der Waals surface area contributed by atoms with Gasteiger partial charge in [-0.15, -0.1) is 0 Å². The van der Waals surface area contributed by atoms with Gasteiger partial charge in [0.25, 0.3) is 0 Å². The summed E-state index contributed by atoms with van der Waals surface area (Å²) in [6, 6.07) is 0. The number of carbonyl (C=O) groups is 1. The molecule has 60 valence electrons. The van der Waals surface area contributed by atoms with E-state index in [1.807, 2.05) is 0 Å². The molecule has 3 N–H and O–H groups in total. The number of rotatable bonds is 4. The zero-order valence-corrected chi connectivity index (χ0v) is 6.26. The highest BCUT2D eigenvalue weighted by molar-refractivity contribution is 5.77. The molecule has 10 heavy (non-hydrogen) atoms. The van der Waals surface area contributed by atoms with Crippen LogP contribution in [-0.4, -0.2) is 16.7 Å². The first-order valence-corrected chi connectivity index (χ1v) is 3.24.